The second-order valence-corrected chi connectivity index (χ2v) is 2.89. The zero-order chi connectivity index (χ0) is 11.3. The van der Waals surface area contributed by atoms with E-state index in [2.05, 4.69) is 11.8 Å². The van der Waals surface area contributed by atoms with E-state index in [0.717, 1.165) is 0 Å². The van der Waals surface area contributed by atoms with Crippen LogP contribution in [0.15, 0.2) is 24.3 Å². The maximum Gasteiger partial charge on any atom is 0.307 e. The molecule has 0 aromatic heterocycles. The first-order chi connectivity index (χ1) is 7.08. The Balaban J connectivity index is 2.89. The zero-order valence-electron chi connectivity index (χ0n) is 7.86. The third kappa shape index (κ3) is 3.96. The Labute approximate surface area is 86.7 Å². The standard InChI is InChI=1S/C11H9NO3/c12-10(13)5-4-8-2-1-3-9(6-8)7-11(14)15/h1-3,6H,7H2,(H2,12,13)(H,14,15). The molecule has 1 rings (SSSR count). The highest BCUT2D eigenvalue weighted by Crippen LogP contribution is 2.04. The lowest BCUT2D eigenvalue weighted by Gasteiger charge is -1.96. The van der Waals surface area contributed by atoms with E-state index >= 15 is 0 Å². The van der Waals surface area contributed by atoms with Crippen molar-refractivity contribution in [3.8, 4) is 11.8 Å². The molecule has 0 unspecified atom stereocenters. The van der Waals surface area contributed by atoms with Gasteiger partial charge in [0.1, 0.15) is 0 Å². The number of carboxylic acids is 1. The number of benzene rings is 1. The number of carbonyl (C=O) groups is 2. The molecule has 0 saturated carbocycles. The summed E-state index contributed by atoms with van der Waals surface area (Å²) in [7, 11) is 0. The van der Waals surface area contributed by atoms with Gasteiger partial charge >= 0.3 is 5.97 Å². The topological polar surface area (TPSA) is 80.4 Å². The molecule has 1 aromatic carbocycles. The summed E-state index contributed by atoms with van der Waals surface area (Å²) in [5.74, 6) is 3.11. The number of carboxylic acid groups (broad SMARTS) is 1. The normalized spacial score (nSPS) is 8.80. The van der Waals surface area contributed by atoms with Crippen LogP contribution >= 0.6 is 0 Å². The monoisotopic (exact) mass is 203 g/mol. The van der Waals surface area contributed by atoms with Crippen molar-refractivity contribution < 1.29 is 14.7 Å². The van der Waals surface area contributed by atoms with Gasteiger partial charge in [-0.25, -0.2) is 0 Å². The molecule has 3 N–H and O–H groups in total. The van der Waals surface area contributed by atoms with Crippen molar-refractivity contribution in [3.05, 3.63) is 35.4 Å². The molecule has 1 amide bonds. The highest BCUT2D eigenvalue weighted by Gasteiger charge is 1.99. The van der Waals surface area contributed by atoms with E-state index in [1.54, 1.807) is 24.3 Å². The molecule has 0 aliphatic carbocycles. The Kier molecular flexibility index (Phi) is 3.47. The van der Waals surface area contributed by atoms with E-state index in [0.29, 0.717) is 11.1 Å². The molecule has 0 aliphatic heterocycles. The lowest BCUT2D eigenvalue weighted by atomic mass is 10.1. The third-order valence-corrected chi connectivity index (χ3v) is 1.61. The summed E-state index contributed by atoms with van der Waals surface area (Å²) in [5, 5.41) is 8.57. The Hall–Kier alpha value is -2.28. The van der Waals surface area contributed by atoms with Gasteiger partial charge in [0, 0.05) is 5.56 Å². The fourth-order valence-electron chi connectivity index (χ4n) is 1.07. The maximum atomic E-state index is 10.4. The molecular formula is C11H9NO3. The summed E-state index contributed by atoms with van der Waals surface area (Å²) in [6.45, 7) is 0. The van der Waals surface area contributed by atoms with Crippen LogP contribution in [0.5, 0.6) is 0 Å². The number of primary amides is 1. The first-order valence-corrected chi connectivity index (χ1v) is 4.20. The molecule has 0 fully saturated rings. The molecule has 4 nitrogen and oxygen atoms in total. The van der Waals surface area contributed by atoms with E-state index in [1.165, 1.54) is 0 Å². The molecule has 0 bridgehead atoms. The SMILES string of the molecule is NC(=O)C#Cc1cccc(CC(=O)O)c1. The van der Waals surface area contributed by atoms with Gasteiger partial charge in [-0.1, -0.05) is 18.1 Å². The number of nitrogens with two attached hydrogens (primary N) is 1. The molecular weight excluding hydrogens is 194 g/mol. The summed E-state index contributed by atoms with van der Waals surface area (Å²) in [6.07, 6.45) is -0.0634. The fraction of sp³-hybridized carbons (Fsp3) is 0.0909. The highest BCUT2D eigenvalue weighted by molar-refractivity contribution is 5.92. The quantitative estimate of drug-likeness (QED) is 0.671. The van der Waals surface area contributed by atoms with Crippen molar-refractivity contribution in [3.63, 3.8) is 0 Å². The van der Waals surface area contributed by atoms with Gasteiger partial charge in [0.2, 0.25) is 0 Å². The van der Waals surface area contributed by atoms with Crippen LogP contribution in [0, 0.1) is 11.8 Å². The lowest BCUT2D eigenvalue weighted by Crippen LogP contribution is -2.06. The van der Waals surface area contributed by atoms with Gasteiger partial charge < -0.3 is 10.8 Å². The minimum absolute atomic E-state index is 0.0634. The number of hydrogen-bond acceptors (Lipinski definition) is 2. The number of hydrogen-bond donors (Lipinski definition) is 2. The Bertz CT molecular complexity index is 454. The van der Waals surface area contributed by atoms with Crippen LogP contribution < -0.4 is 5.73 Å². The Morgan fingerprint density at radius 3 is 2.73 bits per heavy atom. The third-order valence-electron chi connectivity index (χ3n) is 1.61. The lowest BCUT2D eigenvalue weighted by molar-refractivity contribution is -0.136. The zero-order valence-corrected chi connectivity index (χ0v) is 7.86. The predicted octanol–water partition coefficient (Wildman–Crippen LogP) is 0.150. The van der Waals surface area contributed by atoms with Gasteiger partial charge in [-0.15, -0.1) is 0 Å². The molecule has 0 radical (unpaired) electrons. The molecule has 76 valence electrons. The minimum Gasteiger partial charge on any atom is -0.481 e. The van der Waals surface area contributed by atoms with E-state index in [-0.39, 0.29) is 6.42 Å². The van der Waals surface area contributed by atoms with Gasteiger partial charge in [0.05, 0.1) is 6.42 Å². The summed E-state index contributed by atoms with van der Waals surface area (Å²) in [5.41, 5.74) is 6.07. The average Bonchev–Trinajstić information content (AvgIpc) is 2.14. The maximum absolute atomic E-state index is 10.4. The second kappa shape index (κ2) is 4.82. The van der Waals surface area contributed by atoms with Crippen LogP contribution in [-0.2, 0) is 16.0 Å². The van der Waals surface area contributed by atoms with Crippen molar-refractivity contribution in [1.82, 2.24) is 0 Å². The van der Waals surface area contributed by atoms with Crippen LogP contribution in [-0.4, -0.2) is 17.0 Å². The smallest absolute Gasteiger partial charge is 0.307 e. The van der Waals surface area contributed by atoms with E-state index < -0.39 is 11.9 Å². The Morgan fingerprint density at radius 1 is 1.40 bits per heavy atom. The average molecular weight is 203 g/mol. The predicted molar refractivity (Wildman–Crippen MR) is 53.9 cm³/mol. The van der Waals surface area contributed by atoms with Gasteiger partial charge in [0.25, 0.3) is 5.91 Å². The van der Waals surface area contributed by atoms with Crippen molar-refractivity contribution in [2.45, 2.75) is 6.42 Å². The van der Waals surface area contributed by atoms with Gasteiger partial charge in [-0.3, -0.25) is 9.59 Å². The summed E-state index contributed by atoms with van der Waals surface area (Å²) >= 11 is 0. The highest BCUT2D eigenvalue weighted by atomic mass is 16.4. The number of amides is 1. The second-order valence-electron chi connectivity index (χ2n) is 2.89. The molecule has 0 saturated heterocycles. The number of rotatable bonds is 2. The van der Waals surface area contributed by atoms with E-state index in [1.807, 2.05) is 0 Å². The number of carbonyl (C=O) groups excluding carboxylic acids is 1. The van der Waals surface area contributed by atoms with E-state index in [9.17, 15) is 9.59 Å². The summed E-state index contributed by atoms with van der Waals surface area (Å²) in [6, 6.07) is 6.66. The molecule has 15 heavy (non-hydrogen) atoms. The van der Waals surface area contributed by atoms with Crippen LogP contribution in [0.2, 0.25) is 0 Å². The molecule has 0 aliphatic rings. The molecule has 0 atom stereocenters. The largest absolute Gasteiger partial charge is 0.481 e. The van der Waals surface area contributed by atoms with Crippen LogP contribution in [0.1, 0.15) is 11.1 Å². The van der Waals surface area contributed by atoms with Crippen molar-refractivity contribution >= 4 is 11.9 Å². The minimum atomic E-state index is -0.907. The summed E-state index contributed by atoms with van der Waals surface area (Å²) < 4.78 is 0. The molecule has 4 heteroatoms. The van der Waals surface area contributed by atoms with Gasteiger partial charge in [0.15, 0.2) is 0 Å². The number of aliphatic carboxylic acids is 1. The fourth-order valence-corrected chi connectivity index (χ4v) is 1.07. The van der Waals surface area contributed by atoms with Gasteiger partial charge in [-0.2, -0.15) is 0 Å². The van der Waals surface area contributed by atoms with E-state index in [4.69, 9.17) is 10.8 Å². The first-order valence-electron chi connectivity index (χ1n) is 4.20. The molecule has 1 aromatic rings. The summed E-state index contributed by atoms with van der Waals surface area (Å²) in [4.78, 5) is 20.8. The van der Waals surface area contributed by atoms with Crippen LogP contribution in [0.4, 0.5) is 0 Å². The first kappa shape index (κ1) is 10.8. The molecule has 0 spiro atoms. The van der Waals surface area contributed by atoms with Crippen molar-refractivity contribution in [1.29, 1.82) is 0 Å². The van der Waals surface area contributed by atoms with Gasteiger partial charge in [-0.05, 0) is 23.6 Å². The van der Waals surface area contributed by atoms with Crippen molar-refractivity contribution in [2.24, 2.45) is 5.73 Å². The van der Waals surface area contributed by atoms with Crippen molar-refractivity contribution in [2.75, 3.05) is 0 Å². The van der Waals surface area contributed by atoms with Crippen LogP contribution in [0.25, 0.3) is 0 Å². The van der Waals surface area contributed by atoms with Crippen LogP contribution in [0.3, 0.4) is 0 Å². The Morgan fingerprint density at radius 2 is 2.13 bits per heavy atom. The molecule has 0 heterocycles.